The van der Waals surface area contributed by atoms with Gasteiger partial charge in [0.2, 0.25) is 0 Å². The normalized spacial score (nSPS) is 28.8. The first-order chi connectivity index (χ1) is 10.2. The number of rotatable bonds is 8. The predicted octanol–water partition coefficient (Wildman–Crippen LogP) is 3.70. The number of nitriles is 1. The lowest BCUT2D eigenvalue weighted by Gasteiger charge is -2.33. The van der Waals surface area contributed by atoms with Crippen LogP contribution in [0.4, 0.5) is 0 Å². The molecule has 3 heteroatoms. The van der Waals surface area contributed by atoms with Crippen molar-refractivity contribution in [2.24, 2.45) is 5.92 Å². The van der Waals surface area contributed by atoms with Crippen LogP contribution in [0.2, 0.25) is 0 Å². The lowest BCUT2D eigenvalue weighted by Crippen LogP contribution is -2.44. The van der Waals surface area contributed by atoms with E-state index in [1.807, 2.05) is 0 Å². The fourth-order valence-corrected chi connectivity index (χ4v) is 4.29. The van der Waals surface area contributed by atoms with Crippen LogP contribution in [0.15, 0.2) is 0 Å². The first-order valence-corrected chi connectivity index (χ1v) is 9.15. The minimum atomic E-state index is -0.290. The van der Waals surface area contributed by atoms with E-state index in [0.29, 0.717) is 0 Å². The molecule has 1 aliphatic carbocycles. The van der Waals surface area contributed by atoms with Crippen LogP contribution in [0.3, 0.4) is 0 Å². The van der Waals surface area contributed by atoms with Gasteiger partial charge in [0.1, 0.15) is 5.54 Å². The van der Waals surface area contributed by atoms with Crippen molar-refractivity contribution in [3.05, 3.63) is 0 Å². The SMILES string of the molecule is CCCNC(C#N)(CC)CCCN1CCC2CCCCC21. The number of fused-ring (bicyclic) bond motifs is 1. The van der Waals surface area contributed by atoms with Crippen LogP contribution in [0.25, 0.3) is 0 Å². The molecule has 1 heterocycles. The average molecular weight is 291 g/mol. The number of likely N-dealkylation sites (tertiary alicyclic amines) is 1. The lowest BCUT2D eigenvalue weighted by atomic mass is 9.85. The molecule has 0 aromatic rings. The molecule has 120 valence electrons. The number of nitrogens with one attached hydrogen (secondary N) is 1. The average Bonchev–Trinajstić information content (AvgIpc) is 2.94. The van der Waals surface area contributed by atoms with Gasteiger partial charge in [0, 0.05) is 6.04 Å². The zero-order chi connectivity index (χ0) is 15.1. The second kappa shape index (κ2) is 8.15. The second-order valence-electron chi connectivity index (χ2n) is 7.01. The highest BCUT2D eigenvalue weighted by molar-refractivity contribution is 5.06. The van der Waals surface area contributed by atoms with Crippen molar-refractivity contribution in [2.75, 3.05) is 19.6 Å². The van der Waals surface area contributed by atoms with Crippen molar-refractivity contribution < 1.29 is 0 Å². The highest BCUT2D eigenvalue weighted by Crippen LogP contribution is 2.36. The van der Waals surface area contributed by atoms with E-state index in [9.17, 15) is 5.26 Å². The van der Waals surface area contributed by atoms with E-state index in [1.54, 1.807) is 0 Å². The molecule has 3 nitrogen and oxygen atoms in total. The Kier molecular flexibility index (Phi) is 6.51. The standard InChI is InChI=1S/C18H33N3/c1-3-12-20-18(4-2,15-19)11-7-13-21-14-10-16-8-5-6-9-17(16)21/h16-17,20H,3-14H2,1-2H3. The van der Waals surface area contributed by atoms with Gasteiger partial charge in [0.05, 0.1) is 6.07 Å². The van der Waals surface area contributed by atoms with Crippen LogP contribution in [-0.4, -0.2) is 36.1 Å². The molecular formula is C18H33N3. The molecular weight excluding hydrogens is 258 g/mol. The van der Waals surface area contributed by atoms with Gasteiger partial charge in [-0.15, -0.1) is 0 Å². The highest BCUT2D eigenvalue weighted by atomic mass is 15.2. The third-order valence-electron chi connectivity index (χ3n) is 5.70. The largest absolute Gasteiger partial charge is 0.300 e. The van der Waals surface area contributed by atoms with E-state index in [1.165, 1.54) is 45.2 Å². The minimum absolute atomic E-state index is 0.290. The van der Waals surface area contributed by atoms with Gasteiger partial charge in [-0.25, -0.2) is 0 Å². The van der Waals surface area contributed by atoms with E-state index in [-0.39, 0.29) is 5.54 Å². The van der Waals surface area contributed by atoms with Crippen LogP contribution in [0, 0.1) is 17.2 Å². The zero-order valence-electron chi connectivity index (χ0n) is 14.0. The summed E-state index contributed by atoms with van der Waals surface area (Å²) in [6.07, 6.45) is 11.3. The molecule has 1 saturated heterocycles. The van der Waals surface area contributed by atoms with Gasteiger partial charge in [-0.2, -0.15) is 5.26 Å². The first kappa shape index (κ1) is 16.8. The molecule has 1 N–H and O–H groups in total. The molecule has 0 aromatic carbocycles. The monoisotopic (exact) mass is 291 g/mol. The van der Waals surface area contributed by atoms with Crippen molar-refractivity contribution in [3.63, 3.8) is 0 Å². The number of nitrogens with zero attached hydrogens (tertiary/aromatic N) is 2. The van der Waals surface area contributed by atoms with E-state index in [4.69, 9.17) is 0 Å². The van der Waals surface area contributed by atoms with Crippen LogP contribution >= 0.6 is 0 Å². The molecule has 2 rings (SSSR count). The molecule has 1 aliphatic heterocycles. The maximum Gasteiger partial charge on any atom is 0.106 e. The summed E-state index contributed by atoms with van der Waals surface area (Å²) in [5.74, 6) is 0.976. The third kappa shape index (κ3) is 4.20. The van der Waals surface area contributed by atoms with Crippen molar-refractivity contribution in [2.45, 2.75) is 83.2 Å². The maximum absolute atomic E-state index is 9.56. The summed E-state index contributed by atoms with van der Waals surface area (Å²) in [6.45, 7) is 7.74. The van der Waals surface area contributed by atoms with E-state index < -0.39 is 0 Å². The summed E-state index contributed by atoms with van der Waals surface area (Å²) >= 11 is 0. The van der Waals surface area contributed by atoms with Crippen LogP contribution in [-0.2, 0) is 0 Å². The molecule has 21 heavy (non-hydrogen) atoms. The van der Waals surface area contributed by atoms with Gasteiger partial charge >= 0.3 is 0 Å². The van der Waals surface area contributed by atoms with Gasteiger partial charge in [-0.3, -0.25) is 5.32 Å². The molecule has 3 atom stereocenters. The van der Waals surface area contributed by atoms with Crippen molar-refractivity contribution in [3.8, 4) is 6.07 Å². The summed E-state index contributed by atoms with van der Waals surface area (Å²) in [5.41, 5.74) is -0.290. The molecule has 0 amide bonds. The van der Waals surface area contributed by atoms with E-state index >= 15 is 0 Å². The van der Waals surface area contributed by atoms with Gasteiger partial charge in [-0.1, -0.05) is 26.7 Å². The Bertz CT molecular complexity index is 349. The third-order valence-corrected chi connectivity index (χ3v) is 5.70. The maximum atomic E-state index is 9.56. The minimum Gasteiger partial charge on any atom is -0.300 e. The topological polar surface area (TPSA) is 39.1 Å². The fourth-order valence-electron chi connectivity index (χ4n) is 4.29. The van der Waals surface area contributed by atoms with Crippen LogP contribution in [0.1, 0.15) is 71.6 Å². The van der Waals surface area contributed by atoms with Crippen molar-refractivity contribution in [1.82, 2.24) is 10.2 Å². The van der Waals surface area contributed by atoms with E-state index in [2.05, 4.69) is 30.1 Å². The lowest BCUT2D eigenvalue weighted by molar-refractivity contribution is 0.175. The van der Waals surface area contributed by atoms with E-state index in [0.717, 1.165) is 44.2 Å². The highest BCUT2D eigenvalue weighted by Gasteiger charge is 2.35. The number of hydrogen-bond acceptors (Lipinski definition) is 3. The van der Waals surface area contributed by atoms with Crippen LogP contribution in [0.5, 0.6) is 0 Å². The summed E-state index contributed by atoms with van der Waals surface area (Å²) < 4.78 is 0. The van der Waals surface area contributed by atoms with Gasteiger partial charge in [0.25, 0.3) is 0 Å². The molecule has 0 radical (unpaired) electrons. The molecule has 0 spiro atoms. The Balaban J connectivity index is 1.78. The predicted molar refractivity (Wildman–Crippen MR) is 88.1 cm³/mol. The quantitative estimate of drug-likeness (QED) is 0.741. The Morgan fingerprint density at radius 2 is 2.05 bits per heavy atom. The van der Waals surface area contributed by atoms with Crippen molar-refractivity contribution >= 4 is 0 Å². The van der Waals surface area contributed by atoms with Crippen molar-refractivity contribution in [1.29, 1.82) is 5.26 Å². The summed E-state index contributed by atoms with van der Waals surface area (Å²) in [5, 5.41) is 13.0. The first-order valence-electron chi connectivity index (χ1n) is 9.15. The van der Waals surface area contributed by atoms with Crippen LogP contribution < -0.4 is 5.32 Å². The van der Waals surface area contributed by atoms with Gasteiger partial charge < -0.3 is 4.90 Å². The molecule has 0 aromatic heterocycles. The second-order valence-corrected chi connectivity index (χ2v) is 7.01. The van der Waals surface area contributed by atoms with Gasteiger partial charge in [0.15, 0.2) is 0 Å². The smallest absolute Gasteiger partial charge is 0.106 e. The summed E-state index contributed by atoms with van der Waals surface area (Å²) in [7, 11) is 0. The molecule has 2 aliphatic rings. The Morgan fingerprint density at radius 1 is 1.24 bits per heavy atom. The molecule has 2 fully saturated rings. The molecule has 3 unspecified atom stereocenters. The molecule has 0 bridgehead atoms. The Morgan fingerprint density at radius 3 is 2.76 bits per heavy atom. The Labute approximate surface area is 131 Å². The number of hydrogen-bond donors (Lipinski definition) is 1. The fraction of sp³-hybridized carbons (Fsp3) is 0.944. The Hall–Kier alpha value is -0.590. The molecule has 1 saturated carbocycles. The summed E-state index contributed by atoms with van der Waals surface area (Å²) in [6, 6.07) is 3.41. The van der Waals surface area contributed by atoms with Gasteiger partial charge in [-0.05, 0) is 70.5 Å². The zero-order valence-corrected chi connectivity index (χ0v) is 14.0. The summed E-state index contributed by atoms with van der Waals surface area (Å²) in [4.78, 5) is 2.72.